The monoisotopic (exact) mass is 373 g/mol. The molecule has 3 rings (SSSR count). The molecule has 5 nitrogen and oxygen atoms in total. The van der Waals surface area contributed by atoms with Crippen LogP contribution in [0.1, 0.15) is 17.3 Å². The van der Waals surface area contributed by atoms with Crippen molar-refractivity contribution in [3.63, 3.8) is 0 Å². The van der Waals surface area contributed by atoms with E-state index in [0.29, 0.717) is 17.2 Å². The summed E-state index contributed by atoms with van der Waals surface area (Å²) in [6.45, 7) is 6.36. The Labute approximate surface area is 159 Å². The number of piperazine rings is 1. The Morgan fingerprint density at radius 1 is 1.12 bits per heavy atom. The van der Waals surface area contributed by atoms with E-state index in [1.807, 2.05) is 25.1 Å². The number of benzene rings is 2. The number of hydrogen-bond acceptors (Lipinski definition) is 4. The zero-order chi connectivity index (χ0) is 18.5. The number of likely N-dealkylation sites (N-methyl/N-ethyl adjacent to an activating group) is 1. The van der Waals surface area contributed by atoms with Gasteiger partial charge in [0.25, 0.3) is 5.91 Å². The summed E-state index contributed by atoms with van der Waals surface area (Å²) in [5, 5.41) is 3.61. The molecule has 26 heavy (non-hydrogen) atoms. The zero-order valence-corrected chi connectivity index (χ0v) is 15.9. The third kappa shape index (κ3) is 4.48. The summed E-state index contributed by atoms with van der Waals surface area (Å²) in [7, 11) is 2.12. The molecule has 1 heterocycles. The highest BCUT2D eigenvalue weighted by Gasteiger charge is 2.18. The summed E-state index contributed by atoms with van der Waals surface area (Å²) in [5.74, 6) is 0.593. The number of halogens is 1. The number of ether oxygens (including phenoxy) is 1. The Hall–Kier alpha value is -2.24. The Morgan fingerprint density at radius 3 is 2.46 bits per heavy atom. The van der Waals surface area contributed by atoms with Gasteiger partial charge >= 0.3 is 0 Å². The van der Waals surface area contributed by atoms with Crippen LogP contribution in [0.25, 0.3) is 0 Å². The standard InChI is InChI=1S/C20H24ClN3O2/c1-3-26-17-7-4-15(5-8-17)20(25)22-18-14-16(21)6-9-19(18)24-12-10-23(2)11-13-24/h4-9,14H,3,10-13H2,1-2H3,(H,22,25). The van der Waals surface area contributed by atoms with Crippen molar-refractivity contribution in [2.24, 2.45) is 0 Å². The van der Waals surface area contributed by atoms with Crippen molar-refractivity contribution in [1.82, 2.24) is 4.90 Å². The maximum absolute atomic E-state index is 12.7. The minimum Gasteiger partial charge on any atom is -0.494 e. The molecule has 0 spiro atoms. The molecule has 0 bridgehead atoms. The van der Waals surface area contributed by atoms with Crippen LogP contribution in [0.5, 0.6) is 5.75 Å². The lowest BCUT2D eigenvalue weighted by molar-refractivity contribution is 0.102. The fourth-order valence-electron chi connectivity index (χ4n) is 3.00. The average molecular weight is 374 g/mol. The van der Waals surface area contributed by atoms with Crippen molar-refractivity contribution in [2.75, 3.05) is 50.1 Å². The van der Waals surface area contributed by atoms with E-state index in [0.717, 1.165) is 43.3 Å². The average Bonchev–Trinajstić information content (AvgIpc) is 2.64. The number of amides is 1. The van der Waals surface area contributed by atoms with Gasteiger partial charge in [-0.15, -0.1) is 0 Å². The first-order valence-electron chi connectivity index (χ1n) is 8.84. The van der Waals surface area contributed by atoms with Crippen molar-refractivity contribution in [3.05, 3.63) is 53.1 Å². The van der Waals surface area contributed by atoms with Gasteiger partial charge < -0.3 is 19.9 Å². The Morgan fingerprint density at radius 2 is 1.81 bits per heavy atom. The van der Waals surface area contributed by atoms with Gasteiger partial charge in [-0.1, -0.05) is 11.6 Å². The number of anilines is 2. The van der Waals surface area contributed by atoms with Crippen molar-refractivity contribution >= 4 is 28.9 Å². The third-order valence-electron chi connectivity index (χ3n) is 4.48. The van der Waals surface area contributed by atoms with Crippen LogP contribution in [0.15, 0.2) is 42.5 Å². The fourth-order valence-corrected chi connectivity index (χ4v) is 3.17. The van der Waals surface area contributed by atoms with Gasteiger partial charge in [0.05, 0.1) is 18.0 Å². The van der Waals surface area contributed by atoms with Crippen LogP contribution in [-0.4, -0.2) is 50.6 Å². The van der Waals surface area contributed by atoms with Crippen LogP contribution in [0, 0.1) is 0 Å². The quantitative estimate of drug-likeness (QED) is 0.867. The highest BCUT2D eigenvalue weighted by atomic mass is 35.5. The van der Waals surface area contributed by atoms with Gasteiger partial charge in [0, 0.05) is 36.8 Å². The number of carbonyl (C=O) groups excluding carboxylic acids is 1. The Bertz CT molecular complexity index is 756. The van der Waals surface area contributed by atoms with E-state index in [2.05, 4.69) is 22.2 Å². The first-order chi connectivity index (χ1) is 12.6. The van der Waals surface area contributed by atoms with Crippen molar-refractivity contribution in [3.8, 4) is 5.75 Å². The number of nitrogens with one attached hydrogen (secondary N) is 1. The van der Waals surface area contributed by atoms with Gasteiger partial charge in [-0.3, -0.25) is 4.79 Å². The van der Waals surface area contributed by atoms with Gasteiger partial charge in [0.2, 0.25) is 0 Å². The summed E-state index contributed by atoms with van der Waals surface area (Å²) >= 11 is 6.17. The van der Waals surface area contributed by atoms with E-state index >= 15 is 0 Å². The molecule has 0 saturated carbocycles. The molecule has 1 amide bonds. The number of carbonyl (C=O) groups is 1. The van der Waals surface area contributed by atoms with Crippen molar-refractivity contribution < 1.29 is 9.53 Å². The molecule has 0 aliphatic carbocycles. The lowest BCUT2D eigenvalue weighted by Crippen LogP contribution is -2.44. The topological polar surface area (TPSA) is 44.8 Å². The molecular weight excluding hydrogens is 350 g/mol. The van der Waals surface area contributed by atoms with E-state index in [4.69, 9.17) is 16.3 Å². The molecule has 1 fully saturated rings. The largest absolute Gasteiger partial charge is 0.494 e. The first kappa shape index (κ1) is 18.5. The minimum atomic E-state index is -0.161. The molecule has 0 radical (unpaired) electrons. The van der Waals surface area contributed by atoms with Gasteiger partial charge in [-0.2, -0.15) is 0 Å². The third-order valence-corrected chi connectivity index (χ3v) is 4.71. The van der Waals surface area contributed by atoms with Crippen LogP contribution in [-0.2, 0) is 0 Å². The summed E-state index contributed by atoms with van der Waals surface area (Å²) in [6.07, 6.45) is 0. The van der Waals surface area contributed by atoms with Gasteiger partial charge in [-0.05, 0) is 56.4 Å². The number of hydrogen-bond donors (Lipinski definition) is 1. The molecule has 1 aliphatic heterocycles. The van der Waals surface area contributed by atoms with E-state index < -0.39 is 0 Å². The lowest BCUT2D eigenvalue weighted by atomic mass is 10.1. The second-order valence-corrected chi connectivity index (χ2v) is 6.80. The predicted octanol–water partition coefficient (Wildman–Crippen LogP) is 3.74. The molecule has 2 aromatic rings. The molecule has 0 unspecified atom stereocenters. The van der Waals surface area contributed by atoms with Crippen LogP contribution in [0.3, 0.4) is 0 Å². The van der Waals surface area contributed by atoms with Crippen LogP contribution in [0.2, 0.25) is 5.02 Å². The lowest BCUT2D eigenvalue weighted by Gasteiger charge is -2.35. The van der Waals surface area contributed by atoms with Gasteiger partial charge in [0.1, 0.15) is 5.75 Å². The summed E-state index contributed by atoms with van der Waals surface area (Å²) in [6, 6.07) is 12.8. The SMILES string of the molecule is CCOc1ccc(C(=O)Nc2cc(Cl)ccc2N2CCN(C)CC2)cc1. The highest BCUT2D eigenvalue weighted by Crippen LogP contribution is 2.30. The van der Waals surface area contributed by atoms with Crippen LogP contribution >= 0.6 is 11.6 Å². The number of nitrogens with zero attached hydrogens (tertiary/aromatic N) is 2. The van der Waals surface area contributed by atoms with Crippen molar-refractivity contribution in [1.29, 1.82) is 0 Å². The summed E-state index contributed by atoms with van der Waals surface area (Å²) in [4.78, 5) is 17.2. The highest BCUT2D eigenvalue weighted by molar-refractivity contribution is 6.31. The number of rotatable bonds is 5. The normalized spacial score (nSPS) is 15.0. The maximum Gasteiger partial charge on any atom is 0.255 e. The molecule has 1 aliphatic rings. The molecule has 138 valence electrons. The van der Waals surface area contributed by atoms with Gasteiger partial charge in [-0.25, -0.2) is 0 Å². The molecule has 1 N–H and O–H groups in total. The first-order valence-corrected chi connectivity index (χ1v) is 9.22. The van der Waals surface area contributed by atoms with E-state index in [1.165, 1.54) is 0 Å². The maximum atomic E-state index is 12.7. The van der Waals surface area contributed by atoms with Gasteiger partial charge in [0.15, 0.2) is 0 Å². The van der Waals surface area contributed by atoms with E-state index in [-0.39, 0.29) is 5.91 Å². The zero-order valence-electron chi connectivity index (χ0n) is 15.2. The van der Waals surface area contributed by atoms with E-state index in [9.17, 15) is 4.79 Å². The minimum absolute atomic E-state index is 0.161. The molecule has 0 aromatic heterocycles. The molecular formula is C20H24ClN3O2. The molecule has 0 atom stereocenters. The fraction of sp³-hybridized carbons (Fsp3) is 0.350. The van der Waals surface area contributed by atoms with Crippen LogP contribution in [0.4, 0.5) is 11.4 Å². The predicted molar refractivity (Wildman–Crippen MR) is 107 cm³/mol. The summed E-state index contributed by atoms with van der Waals surface area (Å²) < 4.78 is 5.42. The smallest absolute Gasteiger partial charge is 0.255 e. The summed E-state index contributed by atoms with van der Waals surface area (Å²) in [5.41, 5.74) is 2.32. The Balaban J connectivity index is 1.77. The van der Waals surface area contributed by atoms with Crippen molar-refractivity contribution in [2.45, 2.75) is 6.92 Å². The molecule has 2 aromatic carbocycles. The Kier molecular flexibility index (Phi) is 6.01. The second-order valence-electron chi connectivity index (χ2n) is 6.36. The molecule has 1 saturated heterocycles. The second kappa shape index (κ2) is 8.43. The molecule has 6 heteroatoms. The van der Waals surface area contributed by atoms with E-state index in [1.54, 1.807) is 24.3 Å². The van der Waals surface area contributed by atoms with Crippen LogP contribution < -0.4 is 15.0 Å².